The van der Waals surface area contributed by atoms with Gasteiger partial charge in [-0.25, -0.2) is 0 Å². The highest BCUT2D eigenvalue weighted by molar-refractivity contribution is 4.36. The van der Waals surface area contributed by atoms with E-state index in [1.54, 1.807) is 0 Å². The van der Waals surface area contributed by atoms with Crippen LogP contribution in [0.2, 0.25) is 0 Å². The molecule has 0 bridgehead atoms. The normalized spacial score (nSPS) is 11.1. The summed E-state index contributed by atoms with van der Waals surface area (Å²) in [4.78, 5) is 1.36. The first-order valence-electron chi connectivity index (χ1n) is 5.01. The van der Waals surface area contributed by atoms with Crippen molar-refractivity contribution in [2.75, 3.05) is 39.5 Å². The van der Waals surface area contributed by atoms with Gasteiger partial charge in [-0.3, -0.25) is 0 Å². The summed E-state index contributed by atoms with van der Waals surface area (Å²) in [5.74, 6) is 0. The molecule has 0 aliphatic carbocycles. The lowest BCUT2D eigenvalue weighted by molar-refractivity contribution is -0.900. The number of aliphatic hydroxyl groups excluding tert-OH is 3. The van der Waals surface area contributed by atoms with E-state index in [-0.39, 0.29) is 19.8 Å². The molecule has 0 rings (SSSR count). The Balaban J connectivity index is 3.47. The summed E-state index contributed by atoms with van der Waals surface area (Å²) >= 11 is 0. The second kappa shape index (κ2) is 9.92. The van der Waals surface area contributed by atoms with Gasteiger partial charge in [-0.05, 0) is 0 Å². The number of nitrogens with one attached hydrogen (secondary N) is 1. The Morgan fingerprint density at radius 2 is 0.923 bits per heavy atom. The minimum absolute atomic E-state index is 0.224. The zero-order valence-electron chi connectivity index (χ0n) is 8.21. The van der Waals surface area contributed by atoms with Crippen molar-refractivity contribution < 1.29 is 20.2 Å². The zero-order valence-corrected chi connectivity index (χ0v) is 8.21. The van der Waals surface area contributed by atoms with Crippen LogP contribution in [0.3, 0.4) is 0 Å². The first-order chi connectivity index (χ1) is 6.35. The molecule has 0 aliphatic rings. The van der Waals surface area contributed by atoms with E-state index in [1.807, 2.05) is 0 Å². The number of quaternary nitrogens is 1. The highest BCUT2D eigenvalue weighted by Gasteiger charge is 2.06. The largest absolute Gasteiger partial charge is 0.396 e. The molecule has 0 amide bonds. The van der Waals surface area contributed by atoms with Crippen LogP contribution < -0.4 is 4.90 Å². The number of hydrogen-bond donors (Lipinski definition) is 4. The van der Waals surface area contributed by atoms with Crippen LogP contribution in [0.15, 0.2) is 0 Å². The van der Waals surface area contributed by atoms with Gasteiger partial charge in [-0.2, -0.15) is 0 Å². The minimum Gasteiger partial charge on any atom is -0.396 e. The van der Waals surface area contributed by atoms with Gasteiger partial charge in [0.1, 0.15) is 0 Å². The first-order valence-corrected chi connectivity index (χ1v) is 5.01. The molecule has 0 saturated carbocycles. The van der Waals surface area contributed by atoms with Gasteiger partial charge in [-0.15, -0.1) is 0 Å². The van der Waals surface area contributed by atoms with Crippen LogP contribution in [0.25, 0.3) is 0 Å². The van der Waals surface area contributed by atoms with Crippen molar-refractivity contribution in [3.63, 3.8) is 0 Å². The van der Waals surface area contributed by atoms with Gasteiger partial charge in [0.25, 0.3) is 0 Å². The van der Waals surface area contributed by atoms with Crippen molar-refractivity contribution >= 4 is 0 Å². The van der Waals surface area contributed by atoms with E-state index in [1.165, 1.54) is 4.90 Å². The van der Waals surface area contributed by atoms with Crippen LogP contribution >= 0.6 is 0 Å². The van der Waals surface area contributed by atoms with Crippen molar-refractivity contribution in [3.8, 4) is 0 Å². The molecule has 0 unspecified atom stereocenters. The molecule has 0 radical (unpaired) electrons. The molecule has 4 N–H and O–H groups in total. The van der Waals surface area contributed by atoms with E-state index in [4.69, 9.17) is 15.3 Å². The lowest BCUT2D eigenvalue weighted by atomic mass is 10.3. The maximum Gasteiger partial charge on any atom is 0.0793 e. The van der Waals surface area contributed by atoms with Crippen LogP contribution in [-0.4, -0.2) is 54.8 Å². The SMILES string of the molecule is OCCC[NH+](CCCO)CCCO. The third kappa shape index (κ3) is 8.18. The molecule has 4 nitrogen and oxygen atoms in total. The fourth-order valence-corrected chi connectivity index (χ4v) is 1.36. The Bertz CT molecular complexity index is 81.8. The molecule has 0 aromatic rings. The zero-order chi connectivity index (χ0) is 9.94. The fourth-order valence-electron chi connectivity index (χ4n) is 1.36. The van der Waals surface area contributed by atoms with E-state index >= 15 is 0 Å². The summed E-state index contributed by atoms with van der Waals surface area (Å²) < 4.78 is 0. The predicted molar refractivity (Wildman–Crippen MR) is 50.7 cm³/mol. The summed E-state index contributed by atoms with van der Waals surface area (Å²) in [6, 6.07) is 0. The van der Waals surface area contributed by atoms with Crippen molar-refractivity contribution in [1.29, 1.82) is 0 Å². The van der Waals surface area contributed by atoms with Crippen LogP contribution in [0.5, 0.6) is 0 Å². The summed E-state index contributed by atoms with van der Waals surface area (Å²) in [6.45, 7) is 3.45. The molecule has 80 valence electrons. The summed E-state index contributed by atoms with van der Waals surface area (Å²) in [5.41, 5.74) is 0. The standard InChI is InChI=1S/C9H21NO3/c11-7-1-4-10(5-2-8-12)6-3-9-13/h11-13H,1-9H2/p+1. The number of aliphatic hydroxyl groups is 3. The molecule has 0 aliphatic heterocycles. The predicted octanol–water partition coefficient (Wildman–Crippen LogP) is -1.98. The fraction of sp³-hybridized carbons (Fsp3) is 1.00. The average molecular weight is 192 g/mol. The monoisotopic (exact) mass is 192 g/mol. The summed E-state index contributed by atoms with van der Waals surface area (Å²) in [5, 5.41) is 26.0. The maximum atomic E-state index is 8.65. The topological polar surface area (TPSA) is 65.1 Å². The molecule has 13 heavy (non-hydrogen) atoms. The molecular formula is C9H22NO3+. The molecule has 0 aromatic carbocycles. The Labute approximate surface area is 79.8 Å². The highest BCUT2D eigenvalue weighted by atomic mass is 16.3. The molecule has 0 spiro atoms. The highest BCUT2D eigenvalue weighted by Crippen LogP contribution is 1.74. The van der Waals surface area contributed by atoms with E-state index in [0.717, 1.165) is 38.9 Å². The van der Waals surface area contributed by atoms with E-state index in [0.29, 0.717) is 0 Å². The number of hydrogen-bond acceptors (Lipinski definition) is 3. The quantitative estimate of drug-likeness (QED) is 0.342. The Morgan fingerprint density at radius 1 is 0.615 bits per heavy atom. The molecule has 0 saturated heterocycles. The van der Waals surface area contributed by atoms with E-state index < -0.39 is 0 Å². The Morgan fingerprint density at radius 3 is 1.15 bits per heavy atom. The first kappa shape index (κ1) is 12.8. The van der Waals surface area contributed by atoms with Crippen LogP contribution in [0.4, 0.5) is 0 Å². The third-order valence-corrected chi connectivity index (χ3v) is 2.07. The van der Waals surface area contributed by atoms with Gasteiger partial charge in [0, 0.05) is 39.1 Å². The molecule has 0 atom stereocenters. The molecular weight excluding hydrogens is 170 g/mol. The number of rotatable bonds is 9. The Hall–Kier alpha value is -0.160. The average Bonchev–Trinajstić information content (AvgIpc) is 2.17. The summed E-state index contributed by atoms with van der Waals surface area (Å²) in [7, 11) is 0. The molecule has 0 aromatic heterocycles. The van der Waals surface area contributed by atoms with E-state index in [9.17, 15) is 0 Å². The van der Waals surface area contributed by atoms with Crippen LogP contribution in [0, 0.1) is 0 Å². The molecule has 0 fully saturated rings. The maximum absolute atomic E-state index is 8.65. The van der Waals surface area contributed by atoms with E-state index in [2.05, 4.69) is 0 Å². The second-order valence-corrected chi connectivity index (χ2v) is 3.23. The van der Waals surface area contributed by atoms with Gasteiger partial charge in [0.15, 0.2) is 0 Å². The van der Waals surface area contributed by atoms with Crippen LogP contribution in [-0.2, 0) is 0 Å². The van der Waals surface area contributed by atoms with Crippen molar-refractivity contribution in [2.45, 2.75) is 19.3 Å². The smallest absolute Gasteiger partial charge is 0.0793 e. The third-order valence-electron chi connectivity index (χ3n) is 2.07. The molecule has 0 heterocycles. The van der Waals surface area contributed by atoms with Gasteiger partial charge in [0.05, 0.1) is 19.6 Å². The Kier molecular flexibility index (Phi) is 9.80. The second-order valence-electron chi connectivity index (χ2n) is 3.23. The lowest BCUT2D eigenvalue weighted by Crippen LogP contribution is -3.12. The van der Waals surface area contributed by atoms with Crippen molar-refractivity contribution in [1.82, 2.24) is 0 Å². The van der Waals surface area contributed by atoms with Gasteiger partial charge in [-0.1, -0.05) is 0 Å². The van der Waals surface area contributed by atoms with Gasteiger partial charge >= 0.3 is 0 Å². The summed E-state index contributed by atoms with van der Waals surface area (Å²) in [6.07, 6.45) is 2.39. The molecule has 4 heteroatoms. The van der Waals surface area contributed by atoms with Gasteiger partial charge in [0.2, 0.25) is 0 Å². The van der Waals surface area contributed by atoms with Crippen molar-refractivity contribution in [2.24, 2.45) is 0 Å². The van der Waals surface area contributed by atoms with Crippen LogP contribution in [0.1, 0.15) is 19.3 Å². The lowest BCUT2D eigenvalue weighted by Gasteiger charge is -2.18. The van der Waals surface area contributed by atoms with Gasteiger partial charge < -0.3 is 20.2 Å². The minimum atomic E-state index is 0.224. The van der Waals surface area contributed by atoms with Crippen molar-refractivity contribution in [3.05, 3.63) is 0 Å².